The van der Waals surface area contributed by atoms with Crippen molar-refractivity contribution >= 4 is 27.4 Å². The van der Waals surface area contributed by atoms with Crippen LogP contribution in [0.3, 0.4) is 0 Å². The highest BCUT2D eigenvalue weighted by atomic mass is 35.5. The van der Waals surface area contributed by atoms with Gasteiger partial charge in [0.2, 0.25) is 5.95 Å². The molecule has 4 rings (SSSR count). The normalized spacial score (nSPS) is 11.3. The van der Waals surface area contributed by atoms with Crippen LogP contribution >= 0.6 is 11.6 Å². The Morgan fingerprint density at radius 2 is 1.47 bits per heavy atom. The van der Waals surface area contributed by atoms with Gasteiger partial charge in [0.25, 0.3) is 10.0 Å². The minimum Gasteiger partial charge on any atom is -0.262 e. The number of nitrogens with zero attached hydrogens (tertiary/aromatic N) is 2. The van der Waals surface area contributed by atoms with Gasteiger partial charge in [0, 0.05) is 5.56 Å². The molecule has 0 aliphatic rings. The highest BCUT2D eigenvalue weighted by molar-refractivity contribution is 7.92. The molecule has 0 saturated carbocycles. The molecule has 30 heavy (non-hydrogen) atoms. The van der Waals surface area contributed by atoms with Crippen LogP contribution in [0, 0.1) is 5.95 Å². The summed E-state index contributed by atoms with van der Waals surface area (Å²) in [5, 5.41) is -0.0734. The summed E-state index contributed by atoms with van der Waals surface area (Å²) in [6.45, 7) is 0. The predicted octanol–water partition coefficient (Wildman–Crippen LogP) is 5.40. The summed E-state index contributed by atoms with van der Waals surface area (Å²) in [4.78, 5) is 7.84. The van der Waals surface area contributed by atoms with Crippen molar-refractivity contribution in [3.05, 3.63) is 95.9 Å². The highest BCUT2D eigenvalue weighted by Gasteiger charge is 2.19. The maximum absolute atomic E-state index is 13.3. The van der Waals surface area contributed by atoms with E-state index in [2.05, 4.69) is 14.7 Å². The van der Waals surface area contributed by atoms with Gasteiger partial charge in [0.05, 0.1) is 10.7 Å². The lowest BCUT2D eigenvalue weighted by molar-refractivity contribution is 0.558. The number of sulfonamides is 1. The van der Waals surface area contributed by atoms with E-state index >= 15 is 0 Å². The van der Waals surface area contributed by atoms with Crippen LogP contribution in [0.5, 0.6) is 0 Å². The molecule has 0 aliphatic carbocycles. The fourth-order valence-corrected chi connectivity index (χ4v) is 4.14. The van der Waals surface area contributed by atoms with Crippen LogP contribution in [-0.2, 0) is 10.0 Å². The Labute approximate surface area is 178 Å². The quantitative estimate of drug-likeness (QED) is 0.422. The summed E-state index contributed by atoms with van der Waals surface area (Å²) in [5.41, 5.74) is 3.04. The Hall–Kier alpha value is -3.29. The molecule has 0 bridgehead atoms. The van der Waals surface area contributed by atoms with Crippen LogP contribution < -0.4 is 4.72 Å². The van der Waals surface area contributed by atoms with E-state index < -0.39 is 21.0 Å². The molecule has 0 radical (unpaired) electrons. The van der Waals surface area contributed by atoms with Crippen LogP contribution in [0.1, 0.15) is 0 Å². The van der Waals surface area contributed by atoms with Crippen LogP contribution in [0.4, 0.5) is 10.2 Å². The van der Waals surface area contributed by atoms with Gasteiger partial charge in [0.15, 0.2) is 5.03 Å². The van der Waals surface area contributed by atoms with Crippen LogP contribution in [0.15, 0.2) is 90.0 Å². The van der Waals surface area contributed by atoms with Crippen LogP contribution in [0.2, 0.25) is 5.02 Å². The molecule has 150 valence electrons. The molecule has 4 aromatic rings. The van der Waals surface area contributed by atoms with Gasteiger partial charge in [-0.1, -0.05) is 72.3 Å². The van der Waals surface area contributed by atoms with Crippen LogP contribution in [-0.4, -0.2) is 18.4 Å². The van der Waals surface area contributed by atoms with Crippen molar-refractivity contribution < 1.29 is 12.8 Å². The third-order valence-corrected chi connectivity index (χ3v) is 5.88. The maximum Gasteiger partial charge on any atom is 0.280 e. The van der Waals surface area contributed by atoms with Crippen molar-refractivity contribution in [2.75, 3.05) is 4.72 Å². The smallest absolute Gasteiger partial charge is 0.262 e. The highest BCUT2D eigenvalue weighted by Crippen LogP contribution is 2.35. The zero-order valence-electron chi connectivity index (χ0n) is 15.5. The number of hydrogen-bond acceptors (Lipinski definition) is 4. The second-order valence-corrected chi connectivity index (χ2v) is 8.38. The molecule has 0 unspecified atom stereocenters. The van der Waals surface area contributed by atoms with E-state index in [1.807, 2.05) is 54.6 Å². The molecular formula is C22H15ClFN3O2S. The predicted molar refractivity (Wildman–Crippen MR) is 115 cm³/mol. The van der Waals surface area contributed by atoms with E-state index in [4.69, 9.17) is 11.6 Å². The molecule has 0 amide bonds. The van der Waals surface area contributed by atoms with Gasteiger partial charge in [-0.15, -0.1) is 0 Å². The lowest BCUT2D eigenvalue weighted by Crippen LogP contribution is -2.16. The third kappa shape index (κ3) is 4.17. The van der Waals surface area contributed by atoms with E-state index in [0.29, 0.717) is 10.7 Å². The maximum atomic E-state index is 13.3. The average molecular weight is 440 g/mol. The molecular weight excluding hydrogens is 425 g/mol. The minimum atomic E-state index is -4.12. The van der Waals surface area contributed by atoms with Gasteiger partial charge < -0.3 is 0 Å². The number of rotatable bonds is 5. The number of halogens is 2. The van der Waals surface area contributed by atoms with Gasteiger partial charge in [-0.05, 0) is 35.4 Å². The lowest BCUT2D eigenvalue weighted by atomic mass is 9.97. The fraction of sp³-hybridized carbons (Fsp3) is 0. The first-order valence-corrected chi connectivity index (χ1v) is 10.8. The van der Waals surface area contributed by atoms with Gasteiger partial charge in [-0.25, -0.2) is 9.97 Å². The zero-order valence-corrected chi connectivity index (χ0v) is 17.0. The number of benzene rings is 2. The topological polar surface area (TPSA) is 72.0 Å². The molecule has 0 fully saturated rings. The van der Waals surface area contributed by atoms with E-state index in [1.165, 1.54) is 18.2 Å². The van der Waals surface area contributed by atoms with Crippen molar-refractivity contribution in [2.24, 2.45) is 0 Å². The summed E-state index contributed by atoms with van der Waals surface area (Å²) < 4.78 is 40.8. The van der Waals surface area contributed by atoms with Crippen molar-refractivity contribution in [1.29, 1.82) is 0 Å². The molecule has 1 N–H and O–H groups in total. The molecule has 2 aromatic carbocycles. The number of pyridine rings is 2. The Morgan fingerprint density at radius 3 is 2.20 bits per heavy atom. The van der Waals surface area contributed by atoms with E-state index in [1.54, 1.807) is 6.07 Å². The van der Waals surface area contributed by atoms with E-state index in [0.717, 1.165) is 22.8 Å². The van der Waals surface area contributed by atoms with Gasteiger partial charge >= 0.3 is 0 Å². The number of anilines is 1. The Bertz CT molecular complexity index is 1320. The lowest BCUT2D eigenvalue weighted by Gasteiger charge is -2.13. The largest absolute Gasteiger partial charge is 0.280 e. The van der Waals surface area contributed by atoms with E-state index in [-0.39, 0.29) is 5.82 Å². The zero-order chi connectivity index (χ0) is 21.1. The molecule has 0 saturated heterocycles. The summed E-state index contributed by atoms with van der Waals surface area (Å²) in [6, 6.07) is 23.8. The first kappa shape index (κ1) is 20.0. The molecule has 8 heteroatoms. The SMILES string of the molecule is O=S(=O)(Nc1ccc(Cl)c(-c2ccccc2-c2ccccc2)n1)c1cccc(F)n1. The van der Waals surface area contributed by atoms with Gasteiger partial charge in [-0.2, -0.15) is 12.8 Å². The first-order chi connectivity index (χ1) is 14.4. The molecule has 2 heterocycles. The molecule has 5 nitrogen and oxygen atoms in total. The second kappa shape index (κ2) is 8.22. The minimum absolute atomic E-state index is 0.0447. The summed E-state index contributed by atoms with van der Waals surface area (Å²) in [7, 11) is -4.12. The molecule has 0 aliphatic heterocycles. The van der Waals surface area contributed by atoms with Gasteiger partial charge in [0.1, 0.15) is 5.82 Å². The Balaban J connectivity index is 1.76. The standard InChI is InChI=1S/C22H15ClFN3O2S/c23-18-13-14-20(27-30(28,29)21-12-6-11-19(24)25-21)26-22(18)17-10-5-4-9-16(17)15-7-2-1-3-8-15/h1-14H,(H,26,27). The monoisotopic (exact) mass is 439 g/mol. The number of aromatic nitrogens is 2. The summed E-state index contributed by atoms with van der Waals surface area (Å²) in [5.74, 6) is -0.845. The van der Waals surface area contributed by atoms with Crippen LogP contribution in [0.25, 0.3) is 22.4 Å². The summed E-state index contributed by atoms with van der Waals surface area (Å²) in [6.07, 6.45) is 0. The fourth-order valence-electron chi connectivity index (χ4n) is 2.98. The van der Waals surface area contributed by atoms with Crippen molar-refractivity contribution in [2.45, 2.75) is 5.03 Å². The van der Waals surface area contributed by atoms with Crippen molar-refractivity contribution in [3.63, 3.8) is 0 Å². The molecule has 2 aromatic heterocycles. The first-order valence-electron chi connectivity index (χ1n) is 8.91. The molecule has 0 spiro atoms. The Kier molecular flexibility index (Phi) is 5.48. The molecule has 0 atom stereocenters. The van der Waals surface area contributed by atoms with Gasteiger partial charge in [-0.3, -0.25) is 4.72 Å². The summed E-state index contributed by atoms with van der Waals surface area (Å²) >= 11 is 6.40. The average Bonchev–Trinajstić information content (AvgIpc) is 2.76. The Morgan fingerprint density at radius 1 is 0.767 bits per heavy atom. The van der Waals surface area contributed by atoms with Crippen molar-refractivity contribution in [1.82, 2.24) is 9.97 Å². The number of nitrogens with one attached hydrogen (secondary N) is 1. The second-order valence-electron chi connectivity index (χ2n) is 6.34. The number of hydrogen-bond donors (Lipinski definition) is 1. The third-order valence-electron chi connectivity index (χ3n) is 4.32. The van der Waals surface area contributed by atoms with E-state index in [9.17, 15) is 12.8 Å². The van der Waals surface area contributed by atoms with Crippen molar-refractivity contribution in [3.8, 4) is 22.4 Å².